The van der Waals surface area contributed by atoms with Crippen LogP contribution in [0.25, 0.3) is 0 Å². The molecule has 0 aromatic heterocycles. The minimum absolute atomic E-state index is 0.00796. The van der Waals surface area contributed by atoms with Crippen LogP contribution in [-0.4, -0.2) is 18.7 Å². The predicted octanol–water partition coefficient (Wildman–Crippen LogP) is 1.80. The number of halogens is 1. The molecule has 0 saturated carbocycles. The fourth-order valence-electron chi connectivity index (χ4n) is 0.960. The molecule has 0 radical (unpaired) electrons. The molecule has 0 aliphatic heterocycles. The Hall–Kier alpha value is -1.03. The summed E-state index contributed by atoms with van der Waals surface area (Å²) in [5, 5.41) is 2.53. The molecular weight excluding hydrogens is 201 g/mol. The van der Waals surface area contributed by atoms with Gasteiger partial charge in [-0.3, -0.25) is 4.79 Å². The van der Waals surface area contributed by atoms with Crippen LogP contribution in [0.3, 0.4) is 0 Å². The van der Waals surface area contributed by atoms with Crippen molar-refractivity contribution in [2.45, 2.75) is 5.75 Å². The van der Waals surface area contributed by atoms with Crippen molar-refractivity contribution >= 4 is 17.7 Å². The van der Waals surface area contributed by atoms with E-state index in [0.29, 0.717) is 11.5 Å². The molecule has 0 bridgehead atoms. The summed E-state index contributed by atoms with van der Waals surface area (Å²) in [5.41, 5.74) is 0.902. The molecular formula is C10H12FNOS. The third-order valence-corrected chi connectivity index (χ3v) is 2.67. The van der Waals surface area contributed by atoms with Crippen LogP contribution in [-0.2, 0) is 10.5 Å². The van der Waals surface area contributed by atoms with Gasteiger partial charge in [0.15, 0.2) is 0 Å². The van der Waals surface area contributed by atoms with Crippen LogP contribution in [0.4, 0.5) is 4.39 Å². The second-order valence-corrected chi connectivity index (χ2v) is 3.78. The van der Waals surface area contributed by atoms with Crippen molar-refractivity contribution in [1.29, 1.82) is 0 Å². The predicted molar refractivity (Wildman–Crippen MR) is 56.6 cm³/mol. The molecule has 1 aromatic rings. The van der Waals surface area contributed by atoms with Crippen molar-refractivity contribution in [2.24, 2.45) is 0 Å². The summed E-state index contributed by atoms with van der Waals surface area (Å²) in [5.74, 6) is 0.826. The molecule has 0 aliphatic carbocycles. The normalized spacial score (nSPS) is 9.86. The standard InChI is InChI=1S/C10H12FNOS/c1-12-10(13)7-14-6-8-3-2-4-9(11)5-8/h2-5H,6-7H2,1H3,(H,12,13). The molecule has 0 spiro atoms. The molecule has 0 atom stereocenters. The Kier molecular flexibility index (Phi) is 4.46. The summed E-state index contributed by atoms with van der Waals surface area (Å²) in [6.07, 6.45) is 0. The van der Waals surface area contributed by atoms with Crippen LogP contribution in [0.2, 0.25) is 0 Å². The van der Waals surface area contributed by atoms with Gasteiger partial charge in [-0.25, -0.2) is 4.39 Å². The molecule has 1 amide bonds. The summed E-state index contributed by atoms with van der Waals surface area (Å²) < 4.78 is 12.7. The first-order valence-corrected chi connectivity index (χ1v) is 5.40. The minimum atomic E-state index is -0.233. The minimum Gasteiger partial charge on any atom is -0.358 e. The van der Waals surface area contributed by atoms with Crippen molar-refractivity contribution in [3.63, 3.8) is 0 Å². The smallest absolute Gasteiger partial charge is 0.229 e. The number of amides is 1. The highest BCUT2D eigenvalue weighted by atomic mass is 32.2. The van der Waals surface area contributed by atoms with Gasteiger partial charge in [-0.15, -0.1) is 11.8 Å². The van der Waals surface area contributed by atoms with Crippen LogP contribution in [0.15, 0.2) is 24.3 Å². The van der Waals surface area contributed by atoms with Crippen molar-refractivity contribution in [1.82, 2.24) is 5.32 Å². The summed E-state index contributed by atoms with van der Waals surface area (Å²) in [4.78, 5) is 10.9. The Labute approximate surface area is 86.9 Å². The Balaban J connectivity index is 2.35. The van der Waals surface area contributed by atoms with E-state index in [1.54, 1.807) is 13.1 Å². The lowest BCUT2D eigenvalue weighted by atomic mass is 10.2. The first-order valence-electron chi connectivity index (χ1n) is 4.25. The van der Waals surface area contributed by atoms with E-state index >= 15 is 0 Å². The van der Waals surface area contributed by atoms with Crippen molar-refractivity contribution in [3.8, 4) is 0 Å². The van der Waals surface area contributed by atoms with Crippen LogP contribution >= 0.6 is 11.8 Å². The van der Waals surface area contributed by atoms with E-state index in [2.05, 4.69) is 5.32 Å². The zero-order valence-corrected chi connectivity index (χ0v) is 8.73. The molecule has 0 heterocycles. The Morgan fingerprint density at radius 1 is 1.57 bits per heavy atom. The summed E-state index contributed by atoms with van der Waals surface area (Å²) in [6.45, 7) is 0. The van der Waals surface area contributed by atoms with Gasteiger partial charge >= 0.3 is 0 Å². The molecule has 0 saturated heterocycles. The average molecular weight is 213 g/mol. The highest BCUT2D eigenvalue weighted by Crippen LogP contribution is 2.12. The van der Waals surface area contributed by atoms with Crippen molar-refractivity contribution < 1.29 is 9.18 Å². The molecule has 1 N–H and O–H groups in total. The number of rotatable bonds is 4. The Bertz CT molecular complexity index is 317. The Morgan fingerprint density at radius 2 is 2.36 bits per heavy atom. The second kappa shape index (κ2) is 5.65. The molecule has 1 rings (SSSR count). The number of carbonyl (C=O) groups excluding carboxylic acids is 1. The first kappa shape index (κ1) is 11.0. The zero-order chi connectivity index (χ0) is 10.4. The molecule has 14 heavy (non-hydrogen) atoms. The van der Waals surface area contributed by atoms with E-state index in [-0.39, 0.29) is 11.7 Å². The summed E-state index contributed by atoms with van der Waals surface area (Å²) >= 11 is 1.47. The van der Waals surface area contributed by atoms with Gasteiger partial charge in [0.2, 0.25) is 5.91 Å². The number of nitrogens with one attached hydrogen (secondary N) is 1. The third-order valence-electron chi connectivity index (χ3n) is 1.67. The molecule has 1 aromatic carbocycles. The van der Waals surface area contributed by atoms with Gasteiger partial charge in [0.25, 0.3) is 0 Å². The fourth-order valence-corrected chi connectivity index (χ4v) is 1.81. The Morgan fingerprint density at radius 3 is 3.00 bits per heavy atom. The number of thioether (sulfide) groups is 1. The number of hydrogen-bond acceptors (Lipinski definition) is 2. The third kappa shape index (κ3) is 3.79. The lowest BCUT2D eigenvalue weighted by Gasteiger charge is -2.01. The van der Waals surface area contributed by atoms with Gasteiger partial charge in [0, 0.05) is 12.8 Å². The maximum Gasteiger partial charge on any atom is 0.229 e. The molecule has 0 fully saturated rings. The number of hydrogen-bond donors (Lipinski definition) is 1. The van der Waals surface area contributed by atoms with E-state index in [1.807, 2.05) is 6.07 Å². The van der Waals surface area contributed by atoms with E-state index in [9.17, 15) is 9.18 Å². The van der Waals surface area contributed by atoms with Crippen molar-refractivity contribution in [3.05, 3.63) is 35.6 Å². The van der Waals surface area contributed by atoms with Crippen LogP contribution in [0.1, 0.15) is 5.56 Å². The quantitative estimate of drug-likeness (QED) is 0.826. The average Bonchev–Trinajstić information content (AvgIpc) is 2.17. The molecule has 0 aliphatic rings. The lowest BCUT2D eigenvalue weighted by Crippen LogP contribution is -2.19. The highest BCUT2D eigenvalue weighted by molar-refractivity contribution is 7.99. The van der Waals surface area contributed by atoms with E-state index < -0.39 is 0 Å². The van der Waals surface area contributed by atoms with E-state index in [1.165, 1.54) is 23.9 Å². The first-order chi connectivity index (χ1) is 6.72. The summed E-state index contributed by atoms with van der Waals surface area (Å²) in [6, 6.07) is 6.41. The number of carbonyl (C=O) groups is 1. The fraction of sp³-hybridized carbons (Fsp3) is 0.300. The van der Waals surface area contributed by atoms with Gasteiger partial charge in [-0.05, 0) is 17.7 Å². The second-order valence-electron chi connectivity index (χ2n) is 2.80. The lowest BCUT2D eigenvalue weighted by molar-refractivity contribution is -0.118. The van der Waals surface area contributed by atoms with E-state index in [4.69, 9.17) is 0 Å². The van der Waals surface area contributed by atoms with Crippen LogP contribution < -0.4 is 5.32 Å². The molecule has 2 nitrogen and oxygen atoms in total. The monoisotopic (exact) mass is 213 g/mol. The van der Waals surface area contributed by atoms with Gasteiger partial charge in [0.1, 0.15) is 5.82 Å². The maximum atomic E-state index is 12.7. The van der Waals surface area contributed by atoms with Gasteiger partial charge in [0.05, 0.1) is 5.75 Å². The molecule has 0 unspecified atom stereocenters. The van der Waals surface area contributed by atoms with E-state index in [0.717, 1.165) is 5.56 Å². The van der Waals surface area contributed by atoms with Gasteiger partial charge in [-0.1, -0.05) is 12.1 Å². The SMILES string of the molecule is CNC(=O)CSCc1cccc(F)c1. The maximum absolute atomic E-state index is 12.7. The summed E-state index contributed by atoms with van der Waals surface area (Å²) in [7, 11) is 1.60. The van der Waals surface area contributed by atoms with Crippen molar-refractivity contribution in [2.75, 3.05) is 12.8 Å². The molecule has 4 heteroatoms. The highest BCUT2D eigenvalue weighted by Gasteiger charge is 1.99. The largest absolute Gasteiger partial charge is 0.358 e. The zero-order valence-electron chi connectivity index (χ0n) is 7.92. The van der Waals surface area contributed by atoms with Crippen LogP contribution in [0.5, 0.6) is 0 Å². The number of benzene rings is 1. The molecule has 76 valence electrons. The van der Waals surface area contributed by atoms with Crippen LogP contribution in [0, 0.1) is 5.82 Å². The topological polar surface area (TPSA) is 29.1 Å². The van der Waals surface area contributed by atoms with Gasteiger partial charge in [-0.2, -0.15) is 0 Å². The van der Waals surface area contributed by atoms with Gasteiger partial charge < -0.3 is 5.32 Å².